The van der Waals surface area contributed by atoms with Gasteiger partial charge in [0.2, 0.25) is 0 Å². The molecular formula is C17H16BO4. The Bertz CT molecular complexity index is 713. The molecule has 1 aliphatic rings. The van der Waals surface area contributed by atoms with E-state index in [1.807, 2.05) is 6.92 Å². The summed E-state index contributed by atoms with van der Waals surface area (Å²) in [5, 5.41) is 9.24. The summed E-state index contributed by atoms with van der Waals surface area (Å²) >= 11 is 0. The van der Waals surface area contributed by atoms with Crippen molar-refractivity contribution < 1.29 is 19.5 Å². The second kappa shape index (κ2) is 6.56. The minimum atomic E-state index is -1.07. The Balaban J connectivity index is 2.62. The van der Waals surface area contributed by atoms with Gasteiger partial charge in [-0.15, -0.1) is 0 Å². The van der Waals surface area contributed by atoms with Crippen LogP contribution in [0.2, 0.25) is 6.82 Å². The van der Waals surface area contributed by atoms with Crippen molar-refractivity contribution in [3.8, 4) is 0 Å². The number of carbonyl (C=O) groups is 3. The Morgan fingerprint density at radius 2 is 1.77 bits per heavy atom. The zero-order chi connectivity index (χ0) is 16.3. The molecule has 0 saturated heterocycles. The highest BCUT2D eigenvalue weighted by atomic mass is 16.4. The number of carboxylic acids is 1. The van der Waals surface area contributed by atoms with Crippen molar-refractivity contribution in [1.29, 1.82) is 0 Å². The van der Waals surface area contributed by atoms with Gasteiger partial charge in [-0.3, -0.25) is 9.59 Å². The van der Waals surface area contributed by atoms with Crippen LogP contribution in [0.1, 0.15) is 40.5 Å². The minimum absolute atomic E-state index is 0.136. The number of Topliss-reactive ketones (excluding diaryl/α,β-unsaturated/α-hetero) is 2. The van der Waals surface area contributed by atoms with Crippen LogP contribution in [0, 0.1) is 0 Å². The van der Waals surface area contributed by atoms with Crippen molar-refractivity contribution in [2.75, 3.05) is 0 Å². The molecule has 0 unspecified atom stereocenters. The van der Waals surface area contributed by atoms with E-state index in [1.54, 1.807) is 38.4 Å². The fourth-order valence-electron chi connectivity index (χ4n) is 2.53. The maximum atomic E-state index is 12.6. The van der Waals surface area contributed by atoms with Gasteiger partial charge in [-0.25, -0.2) is 4.79 Å². The number of hydrogen-bond donors (Lipinski definition) is 1. The second-order valence-corrected chi connectivity index (χ2v) is 5.04. The first-order valence-electron chi connectivity index (χ1n) is 7.17. The molecule has 22 heavy (non-hydrogen) atoms. The van der Waals surface area contributed by atoms with Crippen LogP contribution in [0.5, 0.6) is 0 Å². The molecule has 4 nitrogen and oxygen atoms in total. The van der Waals surface area contributed by atoms with Gasteiger partial charge in [0.1, 0.15) is 0 Å². The highest BCUT2D eigenvalue weighted by Gasteiger charge is 2.30. The van der Waals surface area contributed by atoms with Crippen LogP contribution in [0.3, 0.4) is 0 Å². The first kappa shape index (κ1) is 16.0. The Morgan fingerprint density at radius 3 is 2.27 bits per heavy atom. The monoisotopic (exact) mass is 295 g/mol. The van der Waals surface area contributed by atoms with Gasteiger partial charge in [0.25, 0.3) is 0 Å². The number of carboxylic acid groups (broad SMARTS) is 1. The molecule has 5 heteroatoms. The van der Waals surface area contributed by atoms with Crippen molar-refractivity contribution in [2.24, 2.45) is 0 Å². The van der Waals surface area contributed by atoms with Crippen LogP contribution in [0.15, 0.2) is 47.0 Å². The Kier molecular flexibility index (Phi) is 4.76. The van der Waals surface area contributed by atoms with Crippen molar-refractivity contribution in [1.82, 2.24) is 0 Å². The molecule has 1 aromatic carbocycles. The quantitative estimate of drug-likeness (QED) is 0.669. The van der Waals surface area contributed by atoms with Gasteiger partial charge in [0.15, 0.2) is 18.8 Å². The van der Waals surface area contributed by atoms with Gasteiger partial charge in [0.05, 0.1) is 0 Å². The molecule has 1 aliphatic carbocycles. The summed E-state index contributed by atoms with van der Waals surface area (Å²) < 4.78 is 0. The molecule has 0 saturated carbocycles. The van der Waals surface area contributed by atoms with E-state index in [4.69, 9.17) is 0 Å². The number of benzene rings is 1. The zero-order valence-electron chi connectivity index (χ0n) is 12.6. The number of hydrogen-bond acceptors (Lipinski definition) is 3. The third-order valence-electron chi connectivity index (χ3n) is 3.60. The molecule has 0 spiro atoms. The Hall–Kier alpha value is -2.43. The van der Waals surface area contributed by atoms with Crippen molar-refractivity contribution >= 4 is 24.8 Å². The van der Waals surface area contributed by atoms with Gasteiger partial charge in [0, 0.05) is 22.3 Å². The van der Waals surface area contributed by atoms with E-state index >= 15 is 0 Å². The summed E-state index contributed by atoms with van der Waals surface area (Å²) in [5.41, 5.74) is 1.25. The summed E-state index contributed by atoms with van der Waals surface area (Å²) in [7, 11) is 1.56. The minimum Gasteiger partial charge on any atom is -0.478 e. The van der Waals surface area contributed by atoms with Crippen molar-refractivity contribution in [3.63, 3.8) is 0 Å². The lowest BCUT2D eigenvalue weighted by molar-refractivity contribution is -0.132. The van der Waals surface area contributed by atoms with Gasteiger partial charge in [-0.05, 0) is 18.0 Å². The van der Waals surface area contributed by atoms with Crippen LogP contribution in [0.4, 0.5) is 0 Å². The molecule has 0 aromatic heterocycles. The lowest BCUT2D eigenvalue weighted by atomic mass is 9.63. The zero-order valence-corrected chi connectivity index (χ0v) is 12.6. The van der Waals surface area contributed by atoms with E-state index in [-0.39, 0.29) is 28.2 Å². The smallest absolute Gasteiger partial charge is 0.331 e. The van der Waals surface area contributed by atoms with E-state index in [2.05, 4.69) is 0 Å². The standard InChI is InChI=1S/C17H16BO4/c1-3-6-10(17(21)22)9-13-14(18-2)16(20)12-8-5-4-7-11(12)15(13)19/h4-5,7-9H,3,6H2,1-2H3,(H,21,22)/b10-9+. The lowest BCUT2D eigenvalue weighted by Gasteiger charge is -2.19. The molecule has 0 bridgehead atoms. The molecular weight excluding hydrogens is 279 g/mol. The number of rotatable bonds is 5. The SMILES string of the molecule is C[B]C1=C(/C=C(\CCC)C(=O)O)C(=O)c2ccccc2C1=O. The van der Waals surface area contributed by atoms with Crippen LogP contribution in [0.25, 0.3) is 0 Å². The molecule has 1 N–H and O–H groups in total. The van der Waals surface area contributed by atoms with Crippen LogP contribution in [-0.4, -0.2) is 29.9 Å². The molecule has 2 rings (SSSR count). The molecule has 0 atom stereocenters. The molecule has 111 valence electrons. The number of ketones is 2. The van der Waals surface area contributed by atoms with E-state index in [1.165, 1.54) is 6.08 Å². The first-order valence-corrected chi connectivity index (χ1v) is 7.17. The predicted molar refractivity (Wildman–Crippen MR) is 84.4 cm³/mol. The van der Waals surface area contributed by atoms with Crippen molar-refractivity contribution in [2.45, 2.75) is 26.6 Å². The second-order valence-electron chi connectivity index (χ2n) is 5.04. The van der Waals surface area contributed by atoms with Gasteiger partial charge < -0.3 is 5.11 Å². The van der Waals surface area contributed by atoms with E-state index in [9.17, 15) is 19.5 Å². The Labute approximate surface area is 129 Å². The number of fused-ring (bicyclic) bond motifs is 1. The van der Waals surface area contributed by atoms with Gasteiger partial charge in [-0.2, -0.15) is 0 Å². The fourth-order valence-corrected chi connectivity index (χ4v) is 2.53. The highest BCUT2D eigenvalue weighted by Crippen LogP contribution is 2.27. The van der Waals surface area contributed by atoms with E-state index in [0.717, 1.165) is 0 Å². The average molecular weight is 295 g/mol. The topological polar surface area (TPSA) is 71.4 Å². The Morgan fingerprint density at radius 1 is 1.18 bits per heavy atom. The fraction of sp³-hybridized carbons (Fsp3) is 0.235. The summed E-state index contributed by atoms with van der Waals surface area (Å²) in [6.07, 6.45) is 2.34. The number of allylic oxidation sites excluding steroid dienone is 3. The predicted octanol–water partition coefficient (Wildman–Crippen LogP) is 2.88. The van der Waals surface area contributed by atoms with Gasteiger partial charge in [-0.1, -0.05) is 44.4 Å². The number of carbonyl (C=O) groups excluding carboxylic acids is 2. The molecule has 1 radical (unpaired) electrons. The normalized spacial score (nSPS) is 14.9. The molecule has 0 heterocycles. The summed E-state index contributed by atoms with van der Waals surface area (Å²) in [6.45, 7) is 3.53. The lowest BCUT2D eigenvalue weighted by Crippen LogP contribution is -2.24. The van der Waals surface area contributed by atoms with E-state index in [0.29, 0.717) is 24.0 Å². The molecule has 0 fully saturated rings. The van der Waals surface area contributed by atoms with Crippen LogP contribution in [-0.2, 0) is 4.79 Å². The summed E-state index contributed by atoms with van der Waals surface area (Å²) in [5.74, 6) is -1.62. The first-order chi connectivity index (χ1) is 10.5. The highest BCUT2D eigenvalue weighted by molar-refractivity contribution is 6.58. The molecule has 0 amide bonds. The van der Waals surface area contributed by atoms with Crippen molar-refractivity contribution in [3.05, 3.63) is 58.1 Å². The average Bonchev–Trinajstić information content (AvgIpc) is 2.51. The number of aliphatic carboxylic acids is 1. The molecule has 1 aromatic rings. The summed E-state index contributed by atoms with van der Waals surface area (Å²) in [4.78, 5) is 36.4. The van der Waals surface area contributed by atoms with Crippen LogP contribution >= 0.6 is 0 Å². The van der Waals surface area contributed by atoms with Crippen LogP contribution < -0.4 is 0 Å². The maximum Gasteiger partial charge on any atom is 0.331 e. The van der Waals surface area contributed by atoms with E-state index < -0.39 is 5.97 Å². The third-order valence-corrected chi connectivity index (χ3v) is 3.60. The third kappa shape index (κ3) is 2.79. The largest absolute Gasteiger partial charge is 0.478 e. The summed E-state index contributed by atoms with van der Waals surface area (Å²) in [6, 6.07) is 6.61. The van der Waals surface area contributed by atoms with Gasteiger partial charge >= 0.3 is 5.97 Å². The molecule has 0 aliphatic heterocycles. The maximum absolute atomic E-state index is 12.6.